The molecule has 1 amide bonds. The number of nitrogens with zero attached hydrogens (tertiary/aromatic N) is 7. The highest BCUT2D eigenvalue weighted by atomic mass is 35.5. The Morgan fingerprint density at radius 1 is 1.21 bits per heavy atom. The number of aliphatic hydroxyl groups is 1. The lowest BCUT2D eigenvalue weighted by atomic mass is 9.64. The molecule has 4 atom stereocenters. The first kappa shape index (κ1) is 34.5. The summed E-state index contributed by atoms with van der Waals surface area (Å²) in [7, 11) is 0. The Bertz CT molecular complexity index is 2190. The summed E-state index contributed by atoms with van der Waals surface area (Å²) in [6, 6.07) is 2.65. The van der Waals surface area contributed by atoms with Gasteiger partial charge in [-0.1, -0.05) is 24.1 Å². The molecule has 1 spiro atoms. The predicted molar refractivity (Wildman–Crippen MR) is 182 cm³/mol. The minimum Gasteiger partial charge on any atom is -0.504 e. The van der Waals surface area contributed by atoms with E-state index in [2.05, 4.69) is 20.4 Å². The summed E-state index contributed by atoms with van der Waals surface area (Å²) in [6.07, 6.45) is 1.75. The maximum Gasteiger partial charge on any atom is 0.416 e. The van der Waals surface area contributed by atoms with Gasteiger partial charge in [-0.2, -0.15) is 22.7 Å². The molecule has 3 aromatic heterocycles. The number of hydrogen-bond donors (Lipinski definition) is 3. The quantitative estimate of drug-likeness (QED) is 0.240. The van der Waals surface area contributed by atoms with Crippen LogP contribution in [-0.2, 0) is 29.3 Å². The van der Waals surface area contributed by atoms with Crippen LogP contribution in [0.5, 0.6) is 5.75 Å². The molecule has 4 aromatic rings. The number of carbonyl (C=O) groups excluding carboxylic acids is 1. The molecule has 2 aliphatic heterocycles. The number of carbonyl (C=O) groups is 1. The van der Waals surface area contributed by atoms with E-state index in [0.717, 1.165) is 37.0 Å². The van der Waals surface area contributed by atoms with Crippen molar-refractivity contribution in [2.75, 3.05) is 25.1 Å². The van der Waals surface area contributed by atoms with Crippen LogP contribution in [0.3, 0.4) is 0 Å². The summed E-state index contributed by atoms with van der Waals surface area (Å²) in [6.45, 7) is 2.69. The van der Waals surface area contributed by atoms with Crippen LogP contribution in [0.1, 0.15) is 77.4 Å². The van der Waals surface area contributed by atoms with Crippen molar-refractivity contribution < 1.29 is 32.9 Å². The zero-order valence-corrected chi connectivity index (χ0v) is 28.9. The molecule has 5 heterocycles. The number of rotatable bonds is 6. The van der Waals surface area contributed by atoms with Crippen molar-refractivity contribution in [3.05, 3.63) is 80.0 Å². The van der Waals surface area contributed by atoms with Crippen molar-refractivity contribution in [3.63, 3.8) is 0 Å². The molecule has 0 bridgehead atoms. The third-order valence-corrected chi connectivity index (χ3v) is 11.6. The van der Waals surface area contributed by atoms with Gasteiger partial charge in [0.2, 0.25) is 5.78 Å². The average molecular weight is 741 g/mol. The maximum atomic E-state index is 14.7. The second kappa shape index (κ2) is 12.8. The molecular formula is C35H36ClF3N8O5. The number of alkyl halides is 3. The fraction of sp³-hybridized carbons (Fsp3) is 0.486. The first-order chi connectivity index (χ1) is 24.9. The number of piperidine rings is 1. The van der Waals surface area contributed by atoms with Crippen LogP contribution < -0.4 is 10.9 Å². The summed E-state index contributed by atoms with van der Waals surface area (Å²) in [4.78, 5) is 43.2. The van der Waals surface area contributed by atoms with Crippen LogP contribution in [0.4, 0.5) is 18.9 Å². The highest BCUT2D eigenvalue weighted by molar-refractivity contribution is 6.33. The molecule has 1 aromatic carbocycles. The van der Waals surface area contributed by atoms with Gasteiger partial charge in [0.1, 0.15) is 12.6 Å². The van der Waals surface area contributed by atoms with Gasteiger partial charge < -0.3 is 29.7 Å². The fourth-order valence-electron chi connectivity index (χ4n) is 8.85. The van der Waals surface area contributed by atoms with Crippen LogP contribution in [0.2, 0.25) is 5.02 Å². The van der Waals surface area contributed by atoms with E-state index in [0.29, 0.717) is 68.2 Å². The number of amides is 1. The summed E-state index contributed by atoms with van der Waals surface area (Å²) < 4.78 is 48.4. The zero-order valence-electron chi connectivity index (χ0n) is 28.2. The van der Waals surface area contributed by atoms with Crippen LogP contribution in [-0.4, -0.2) is 82.2 Å². The summed E-state index contributed by atoms with van der Waals surface area (Å²) in [5, 5.41) is 29.3. The molecule has 1 saturated carbocycles. The molecule has 8 rings (SSSR count). The van der Waals surface area contributed by atoms with Crippen LogP contribution in [0.25, 0.3) is 11.4 Å². The van der Waals surface area contributed by atoms with E-state index in [-0.39, 0.29) is 57.9 Å². The Hall–Kier alpha value is -4.54. The topological polar surface area (TPSA) is 160 Å². The van der Waals surface area contributed by atoms with E-state index in [9.17, 15) is 33.0 Å². The van der Waals surface area contributed by atoms with Crippen molar-refractivity contribution in [1.82, 2.24) is 34.0 Å². The molecule has 52 heavy (non-hydrogen) atoms. The third-order valence-electron chi connectivity index (χ3n) is 11.2. The van der Waals surface area contributed by atoms with Crippen molar-refractivity contribution in [3.8, 4) is 5.75 Å². The highest BCUT2D eigenvalue weighted by Crippen LogP contribution is 2.55. The second-order valence-electron chi connectivity index (χ2n) is 14.0. The number of likely N-dealkylation sites (tertiary alicyclic amines) is 1. The SMILES string of the molecule is Cc1ncnc(C(=O)N2CC[C@]3(CCc4c3c(=O)n3nc(C5=CCOCC5)nc3n4CC(O)Nc3ccc(C(F)(F)F)cc3Cl)[C@@H]3CCC[C@@H]32)c1O. The van der Waals surface area contributed by atoms with E-state index >= 15 is 0 Å². The Labute approximate surface area is 300 Å². The fourth-order valence-corrected chi connectivity index (χ4v) is 9.09. The maximum absolute atomic E-state index is 14.7. The summed E-state index contributed by atoms with van der Waals surface area (Å²) in [5.41, 5.74) is 0.684. The Morgan fingerprint density at radius 3 is 2.79 bits per heavy atom. The molecule has 4 aliphatic rings. The number of fused-ring (bicyclic) bond motifs is 5. The molecule has 1 unspecified atom stereocenters. The van der Waals surface area contributed by atoms with Gasteiger partial charge in [-0.3, -0.25) is 9.59 Å². The third kappa shape index (κ3) is 5.62. The Morgan fingerprint density at radius 2 is 2.04 bits per heavy atom. The molecule has 0 radical (unpaired) electrons. The van der Waals surface area contributed by atoms with Crippen molar-refractivity contribution in [1.29, 1.82) is 0 Å². The van der Waals surface area contributed by atoms with Gasteiger partial charge in [-0.25, -0.2) is 9.97 Å². The first-order valence-corrected chi connectivity index (χ1v) is 17.7. The Balaban J connectivity index is 1.19. The molecule has 3 N–H and O–H groups in total. The number of aromatic hydroxyl groups is 1. The highest BCUT2D eigenvalue weighted by Gasteiger charge is 2.57. The van der Waals surface area contributed by atoms with Gasteiger partial charge >= 0.3 is 6.18 Å². The summed E-state index contributed by atoms with van der Waals surface area (Å²) in [5.74, 6) is -0.0786. The molecule has 274 valence electrons. The second-order valence-corrected chi connectivity index (χ2v) is 14.4. The minimum absolute atomic E-state index is 0.0443. The molecule has 17 heteroatoms. The number of benzene rings is 1. The predicted octanol–water partition coefficient (Wildman–Crippen LogP) is 4.50. The number of nitrogens with one attached hydrogen (secondary N) is 1. The van der Waals surface area contributed by atoms with E-state index in [4.69, 9.17) is 21.3 Å². The standard InChI is InChI=1S/C35H36ClF3N8O5/c1-18-29(49)28(41-17-40-18)32(51)45-12-11-34(21-3-2-4-24(21)45)10-7-25-27(34)31(50)47-33(43-30(44-47)19-8-13-52-14-9-19)46(25)16-26(48)42-23-6-5-20(15-22(23)36)35(37,38)39/h5-6,8,15,17,21,24,26,42,48-49H,2-4,7,9-14,16H2,1H3/t21-,24+,26?,34-/m1/s1. The molecule has 2 fully saturated rings. The van der Waals surface area contributed by atoms with Crippen molar-refractivity contribution in [2.45, 2.75) is 82.3 Å². The molecule has 2 aliphatic carbocycles. The monoisotopic (exact) mass is 740 g/mol. The van der Waals surface area contributed by atoms with E-state index in [1.807, 2.05) is 6.08 Å². The van der Waals surface area contributed by atoms with Gasteiger partial charge in [-0.15, -0.1) is 5.10 Å². The number of ether oxygens (including phenoxy) is 1. The first-order valence-electron chi connectivity index (χ1n) is 17.3. The van der Waals surface area contributed by atoms with Crippen LogP contribution >= 0.6 is 11.6 Å². The van der Waals surface area contributed by atoms with Gasteiger partial charge in [0.15, 0.2) is 17.3 Å². The average Bonchev–Trinajstić information content (AvgIpc) is 3.88. The van der Waals surface area contributed by atoms with Gasteiger partial charge in [0.05, 0.1) is 41.7 Å². The number of halogens is 4. The molecular weight excluding hydrogens is 705 g/mol. The van der Waals surface area contributed by atoms with E-state index in [1.54, 1.807) is 16.4 Å². The zero-order chi connectivity index (χ0) is 36.5. The molecule has 13 nitrogen and oxygen atoms in total. The van der Waals surface area contributed by atoms with Crippen molar-refractivity contribution in [2.24, 2.45) is 5.92 Å². The smallest absolute Gasteiger partial charge is 0.416 e. The van der Waals surface area contributed by atoms with Crippen molar-refractivity contribution >= 4 is 34.5 Å². The lowest BCUT2D eigenvalue weighted by Gasteiger charge is -2.49. The lowest BCUT2D eigenvalue weighted by molar-refractivity contribution is -0.137. The number of aliphatic hydroxyl groups excluding tert-OH is 1. The normalized spacial score (nSPS) is 23.5. The van der Waals surface area contributed by atoms with E-state index in [1.165, 1.54) is 16.9 Å². The van der Waals surface area contributed by atoms with Gasteiger partial charge in [0.25, 0.3) is 11.5 Å². The minimum atomic E-state index is -4.58. The number of aromatic nitrogens is 6. The lowest BCUT2D eigenvalue weighted by Crippen LogP contribution is -2.56. The summed E-state index contributed by atoms with van der Waals surface area (Å²) >= 11 is 6.21. The van der Waals surface area contributed by atoms with Crippen LogP contribution in [0.15, 0.2) is 35.4 Å². The number of anilines is 1. The van der Waals surface area contributed by atoms with Gasteiger partial charge in [-0.05, 0) is 75.1 Å². The van der Waals surface area contributed by atoms with E-state index < -0.39 is 23.4 Å². The number of hydrogen-bond acceptors (Lipinski definition) is 10. The van der Waals surface area contributed by atoms with Crippen LogP contribution in [0, 0.1) is 12.8 Å². The Kier molecular flexibility index (Phi) is 8.53. The molecule has 1 saturated heterocycles. The number of aryl methyl sites for hydroxylation is 1. The van der Waals surface area contributed by atoms with Gasteiger partial charge in [0, 0.05) is 29.3 Å². The largest absolute Gasteiger partial charge is 0.504 e.